The lowest BCUT2D eigenvalue weighted by atomic mass is 10.1. The highest BCUT2D eigenvalue weighted by Crippen LogP contribution is 2.28. The van der Waals surface area contributed by atoms with Crippen LogP contribution in [0.2, 0.25) is 0 Å². The van der Waals surface area contributed by atoms with Crippen LogP contribution in [-0.4, -0.2) is 0 Å². The molecule has 0 unspecified atom stereocenters. The lowest BCUT2D eigenvalue weighted by Crippen LogP contribution is -1.77. The third kappa shape index (κ3) is 1.70. The van der Waals surface area contributed by atoms with E-state index in [9.17, 15) is 0 Å². The van der Waals surface area contributed by atoms with Gasteiger partial charge in [-0.15, -0.1) is 0 Å². The van der Waals surface area contributed by atoms with Crippen LogP contribution in [0.4, 0.5) is 0 Å². The van der Waals surface area contributed by atoms with Gasteiger partial charge >= 0.3 is 0 Å². The molecule has 0 aromatic carbocycles. The molecule has 0 aliphatic heterocycles. The van der Waals surface area contributed by atoms with Gasteiger partial charge < -0.3 is 0 Å². The van der Waals surface area contributed by atoms with Gasteiger partial charge in [-0.1, -0.05) is 36.5 Å². The molecule has 1 rings (SSSR count). The van der Waals surface area contributed by atoms with Crippen molar-refractivity contribution in [3.63, 3.8) is 0 Å². The Labute approximate surface area is 68.6 Å². The summed E-state index contributed by atoms with van der Waals surface area (Å²) in [5, 5.41) is 0. The van der Waals surface area contributed by atoms with Crippen molar-refractivity contribution in [3.8, 4) is 0 Å². The third-order valence-corrected chi connectivity index (χ3v) is 1.87. The topological polar surface area (TPSA) is 0 Å². The van der Waals surface area contributed by atoms with Crippen molar-refractivity contribution in [2.75, 3.05) is 0 Å². The molecule has 0 heterocycles. The SMILES string of the molecule is C=C/C=C1/CC(C)=C/C1=C/C. The zero-order valence-corrected chi connectivity index (χ0v) is 7.22. The van der Waals surface area contributed by atoms with Gasteiger partial charge in [0.1, 0.15) is 0 Å². The lowest BCUT2D eigenvalue weighted by molar-refractivity contribution is 1.20. The maximum atomic E-state index is 3.69. The van der Waals surface area contributed by atoms with Crippen LogP contribution in [0.15, 0.2) is 47.6 Å². The molecular formula is C11H14. The number of hydrogen-bond acceptors (Lipinski definition) is 0. The van der Waals surface area contributed by atoms with Gasteiger partial charge in [0.15, 0.2) is 0 Å². The molecule has 58 valence electrons. The van der Waals surface area contributed by atoms with Gasteiger partial charge in [0, 0.05) is 0 Å². The molecule has 0 heteroatoms. The van der Waals surface area contributed by atoms with Gasteiger partial charge in [-0.2, -0.15) is 0 Å². The maximum Gasteiger partial charge on any atom is -0.00607 e. The van der Waals surface area contributed by atoms with Gasteiger partial charge in [0.05, 0.1) is 0 Å². The molecule has 11 heavy (non-hydrogen) atoms. The van der Waals surface area contributed by atoms with E-state index in [0.29, 0.717) is 0 Å². The van der Waals surface area contributed by atoms with Crippen molar-refractivity contribution < 1.29 is 0 Å². The van der Waals surface area contributed by atoms with Crippen LogP contribution in [0.1, 0.15) is 20.3 Å². The van der Waals surface area contributed by atoms with Crippen LogP contribution in [0.3, 0.4) is 0 Å². The second kappa shape index (κ2) is 3.38. The van der Waals surface area contributed by atoms with Crippen molar-refractivity contribution in [2.24, 2.45) is 0 Å². The molecule has 0 bridgehead atoms. The summed E-state index contributed by atoms with van der Waals surface area (Å²) in [6.45, 7) is 7.92. The quantitative estimate of drug-likeness (QED) is 0.532. The van der Waals surface area contributed by atoms with Gasteiger partial charge in [0.2, 0.25) is 0 Å². The first kappa shape index (κ1) is 8.06. The number of hydrogen-bond donors (Lipinski definition) is 0. The van der Waals surface area contributed by atoms with E-state index >= 15 is 0 Å². The molecule has 1 aliphatic rings. The fourth-order valence-electron chi connectivity index (χ4n) is 1.38. The van der Waals surface area contributed by atoms with Crippen molar-refractivity contribution in [1.82, 2.24) is 0 Å². The predicted octanol–water partition coefficient (Wildman–Crippen LogP) is 3.40. The molecule has 0 fully saturated rings. The maximum absolute atomic E-state index is 3.69. The molecule has 0 amide bonds. The Morgan fingerprint density at radius 2 is 2.27 bits per heavy atom. The second-order valence-corrected chi connectivity index (χ2v) is 2.84. The van der Waals surface area contributed by atoms with E-state index in [1.165, 1.54) is 16.7 Å². The summed E-state index contributed by atoms with van der Waals surface area (Å²) >= 11 is 0. The van der Waals surface area contributed by atoms with Crippen LogP contribution in [0.5, 0.6) is 0 Å². The molecule has 0 radical (unpaired) electrons. The van der Waals surface area contributed by atoms with Crippen LogP contribution >= 0.6 is 0 Å². The van der Waals surface area contributed by atoms with Crippen LogP contribution < -0.4 is 0 Å². The van der Waals surface area contributed by atoms with E-state index in [1.54, 1.807) is 0 Å². The summed E-state index contributed by atoms with van der Waals surface area (Å²) in [6.07, 6.45) is 9.40. The summed E-state index contributed by atoms with van der Waals surface area (Å²) in [5.41, 5.74) is 4.17. The highest BCUT2D eigenvalue weighted by atomic mass is 14.1. The van der Waals surface area contributed by atoms with E-state index < -0.39 is 0 Å². The van der Waals surface area contributed by atoms with Gasteiger partial charge in [0.25, 0.3) is 0 Å². The van der Waals surface area contributed by atoms with Crippen LogP contribution in [0, 0.1) is 0 Å². The molecule has 0 saturated heterocycles. The van der Waals surface area contributed by atoms with E-state index in [1.807, 2.05) is 6.08 Å². The van der Waals surface area contributed by atoms with Crippen molar-refractivity contribution >= 4 is 0 Å². The largest absolute Gasteiger partial charge is 0.0991 e. The fourth-order valence-corrected chi connectivity index (χ4v) is 1.38. The highest BCUT2D eigenvalue weighted by Gasteiger charge is 2.09. The van der Waals surface area contributed by atoms with Crippen LogP contribution in [-0.2, 0) is 0 Å². The molecule has 0 atom stereocenters. The molecule has 0 spiro atoms. The number of rotatable bonds is 1. The first-order chi connectivity index (χ1) is 5.27. The Hall–Kier alpha value is -1.04. The van der Waals surface area contributed by atoms with Crippen molar-refractivity contribution in [1.29, 1.82) is 0 Å². The molecule has 1 aliphatic carbocycles. The molecule has 0 nitrogen and oxygen atoms in total. The Morgan fingerprint density at radius 3 is 2.82 bits per heavy atom. The third-order valence-electron chi connectivity index (χ3n) is 1.87. The first-order valence-electron chi connectivity index (χ1n) is 3.93. The first-order valence-corrected chi connectivity index (χ1v) is 3.93. The standard InChI is InChI=1S/C11H14/c1-4-6-11-8-9(3)7-10(11)5-2/h4-7H,1,8H2,2-3H3/b10-5-,11-6-. The molecule has 0 N–H and O–H groups in total. The number of allylic oxidation sites excluding steroid dienone is 7. The second-order valence-electron chi connectivity index (χ2n) is 2.84. The summed E-state index contributed by atoms with van der Waals surface area (Å²) in [6, 6.07) is 0. The average Bonchev–Trinajstić information content (AvgIpc) is 2.32. The summed E-state index contributed by atoms with van der Waals surface area (Å²) in [7, 11) is 0. The molecule has 0 aromatic heterocycles. The minimum Gasteiger partial charge on any atom is -0.0991 e. The van der Waals surface area contributed by atoms with Crippen molar-refractivity contribution in [2.45, 2.75) is 20.3 Å². The molecule has 0 aromatic rings. The Morgan fingerprint density at radius 1 is 1.55 bits per heavy atom. The molecule has 0 saturated carbocycles. The lowest BCUT2D eigenvalue weighted by Gasteiger charge is -1.96. The fraction of sp³-hybridized carbons (Fsp3) is 0.273. The van der Waals surface area contributed by atoms with E-state index in [0.717, 1.165) is 6.42 Å². The van der Waals surface area contributed by atoms with Crippen molar-refractivity contribution in [3.05, 3.63) is 47.6 Å². The summed E-state index contributed by atoms with van der Waals surface area (Å²) in [4.78, 5) is 0. The Kier molecular flexibility index (Phi) is 2.48. The minimum atomic E-state index is 1.09. The zero-order valence-electron chi connectivity index (χ0n) is 7.22. The normalized spacial score (nSPS) is 24.4. The average molecular weight is 146 g/mol. The smallest absolute Gasteiger partial charge is 0.00607 e. The van der Waals surface area contributed by atoms with E-state index in [2.05, 4.69) is 38.7 Å². The molecular weight excluding hydrogens is 132 g/mol. The monoisotopic (exact) mass is 146 g/mol. The van der Waals surface area contributed by atoms with Gasteiger partial charge in [-0.05, 0) is 31.4 Å². The predicted molar refractivity (Wildman–Crippen MR) is 50.4 cm³/mol. The summed E-state index contributed by atoms with van der Waals surface area (Å²) < 4.78 is 0. The van der Waals surface area contributed by atoms with E-state index in [4.69, 9.17) is 0 Å². The Bertz CT molecular complexity index is 249. The Balaban J connectivity index is 2.92. The van der Waals surface area contributed by atoms with Gasteiger partial charge in [-0.3, -0.25) is 0 Å². The minimum absolute atomic E-state index is 1.09. The van der Waals surface area contributed by atoms with Crippen LogP contribution in [0.25, 0.3) is 0 Å². The van der Waals surface area contributed by atoms with Gasteiger partial charge in [-0.25, -0.2) is 0 Å². The highest BCUT2D eigenvalue weighted by molar-refractivity contribution is 5.50. The zero-order chi connectivity index (χ0) is 8.27. The van der Waals surface area contributed by atoms with E-state index in [-0.39, 0.29) is 0 Å². The summed E-state index contributed by atoms with van der Waals surface area (Å²) in [5.74, 6) is 0.